The normalized spacial score (nSPS) is 22.7. The molecule has 0 N–H and O–H groups in total. The molecular weight excluding hydrogens is 294 g/mol. The fraction of sp³-hybridized carbons (Fsp3) is 0.333. The number of hydrogen-bond acceptors (Lipinski definition) is 4. The molecule has 0 bridgehead atoms. The van der Waals surface area contributed by atoms with E-state index in [1.807, 2.05) is 43.3 Å². The number of carbonyl (C=O) groups is 2. The van der Waals surface area contributed by atoms with E-state index in [1.165, 1.54) is 12.0 Å². The second kappa shape index (κ2) is 7.13. The second-order valence-electron chi connectivity index (χ2n) is 5.69. The van der Waals surface area contributed by atoms with Crippen LogP contribution in [0.5, 0.6) is 0 Å². The molecule has 0 fully saturated rings. The summed E-state index contributed by atoms with van der Waals surface area (Å²) in [6, 6.07) is 8.62. The quantitative estimate of drug-likeness (QED) is 0.618. The van der Waals surface area contributed by atoms with E-state index in [0.29, 0.717) is 6.42 Å². The molecule has 1 aromatic carbocycles. The van der Waals surface area contributed by atoms with E-state index < -0.39 is 23.5 Å². The summed E-state index contributed by atoms with van der Waals surface area (Å²) in [5, 5.41) is 0. The highest BCUT2D eigenvalue weighted by molar-refractivity contribution is 5.84. The van der Waals surface area contributed by atoms with E-state index >= 15 is 0 Å². The van der Waals surface area contributed by atoms with E-state index in [9.17, 15) is 9.59 Å². The Morgan fingerprint density at radius 1 is 1.35 bits per heavy atom. The summed E-state index contributed by atoms with van der Waals surface area (Å²) >= 11 is 0. The Labute approximate surface area is 136 Å². The number of hydrogen-bond donors (Lipinski definition) is 0. The van der Waals surface area contributed by atoms with Crippen molar-refractivity contribution in [3.63, 3.8) is 0 Å². The van der Waals surface area contributed by atoms with Crippen molar-refractivity contribution in [1.29, 1.82) is 0 Å². The molecule has 0 spiro atoms. The van der Waals surface area contributed by atoms with Crippen LogP contribution >= 0.6 is 0 Å². The Kier molecular flexibility index (Phi) is 5.21. The van der Waals surface area contributed by atoms with Crippen molar-refractivity contribution in [2.45, 2.75) is 26.0 Å². The number of amides is 1. The highest BCUT2D eigenvalue weighted by Crippen LogP contribution is 2.38. The molecule has 2 rings (SSSR count). The molecule has 5 nitrogen and oxygen atoms in total. The molecule has 0 aromatic heterocycles. The smallest absolute Gasteiger partial charge is 0.414 e. The van der Waals surface area contributed by atoms with Gasteiger partial charge in [-0.05, 0) is 12.0 Å². The van der Waals surface area contributed by atoms with Crippen molar-refractivity contribution in [3.8, 4) is 0 Å². The van der Waals surface area contributed by atoms with E-state index in [0.717, 1.165) is 5.56 Å². The van der Waals surface area contributed by atoms with E-state index in [2.05, 4.69) is 6.58 Å². The molecule has 0 saturated heterocycles. The minimum Gasteiger partial charge on any atom is -0.467 e. The van der Waals surface area contributed by atoms with Crippen LogP contribution in [0.4, 0.5) is 4.79 Å². The van der Waals surface area contributed by atoms with Crippen LogP contribution < -0.4 is 0 Å². The first-order chi connectivity index (χ1) is 11.0. The summed E-state index contributed by atoms with van der Waals surface area (Å²) in [6.07, 6.45) is 5.09. The van der Waals surface area contributed by atoms with E-state index in [-0.39, 0.29) is 6.61 Å². The maximum absolute atomic E-state index is 12.4. The summed E-state index contributed by atoms with van der Waals surface area (Å²) in [4.78, 5) is 25.8. The Morgan fingerprint density at radius 3 is 2.65 bits per heavy atom. The maximum atomic E-state index is 12.4. The number of allylic oxidation sites excluding steroid dienone is 1. The average Bonchev–Trinajstić information content (AvgIpc) is 2.90. The van der Waals surface area contributed by atoms with Crippen LogP contribution in [0.25, 0.3) is 0 Å². The van der Waals surface area contributed by atoms with Gasteiger partial charge in [0.05, 0.1) is 7.11 Å². The van der Waals surface area contributed by atoms with Crippen LogP contribution in [-0.4, -0.2) is 30.1 Å². The molecular formula is C18H21NO4. The van der Waals surface area contributed by atoms with Gasteiger partial charge in [0.2, 0.25) is 0 Å². The Bertz CT molecular complexity index is 611. The maximum Gasteiger partial charge on any atom is 0.414 e. The number of nitrogens with zero attached hydrogens (tertiary/aromatic N) is 1. The van der Waals surface area contributed by atoms with Gasteiger partial charge in [-0.15, -0.1) is 6.58 Å². The fourth-order valence-electron chi connectivity index (χ4n) is 2.69. The first-order valence-corrected chi connectivity index (χ1v) is 7.39. The molecule has 122 valence electrons. The lowest BCUT2D eigenvalue weighted by molar-refractivity contribution is -0.148. The molecule has 1 aliphatic rings. The zero-order valence-electron chi connectivity index (χ0n) is 13.4. The topological polar surface area (TPSA) is 55.8 Å². The molecule has 23 heavy (non-hydrogen) atoms. The van der Waals surface area contributed by atoms with Crippen LogP contribution in [0, 0.1) is 5.41 Å². The Balaban J connectivity index is 2.10. The van der Waals surface area contributed by atoms with E-state index in [1.54, 1.807) is 12.3 Å². The molecule has 0 radical (unpaired) electrons. The van der Waals surface area contributed by atoms with Crippen molar-refractivity contribution >= 4 is 12.1 Å². The van der Waals surface area contributed by atoms with Crippen molar-refractivity contribution in [2.24, 2.45) is 5.41 Å². The molecule has 5 heteroatoms. The lowest BCUT2D eigenvalue weighted by Gasteiger charge is -2.32. The van der Waals surface area contributed by atoms with Crippen LogP contribution in [-0.2, 0) is 20.9 Å². The number of rotatable bonds is 5. The van der Waals surface area contributed by atoms with Gasteiger partial charge >= 0.3 is 12.1 Å². The summed E-state index contributed by atoms with van der Waals surface area (Å²) in [6.45, 7) is 5.75. The highest BCUT2D eigenvalue weighted by atomic mass is 16.6. The first kappa shape index (κ1) is 16.8. The van der Waals surface area contributed by atoms with Gasteiger partial charge in [-0.25, -0.2) is 9.59 Å². The minimum atomic E-state index is -0.756. The van der Waals surface area contributed by atoms with Crippen LogP contribution in [0.3, 0.4) is 0 Å². The zero-order chi connectivity index (χ0) is 16.9. The highest BCUT2D eigenvalue weighted by Gasteiger charge is 2.47. The van der Waals surface area contributed by atoms with Crippen molar-refractivity contribution in [2.75, 3.05) is 7.11 Å². The zero-order valence-corrected chi connectivity index (χ0v) is 13.4. The Morgan fingerprint density at radius 2 is 2.04 bits per heavy atom. The van der Waals surface area contributed by atoms with Gasteiger partial charge < -0.3 is 9.47 Å². The van der Waals surface area contributed by atoms with Crippen molar-refractivity contribution < 1.29 is 19.1 Å². The van der Waals surface area contributed by atoms with Gasteiger partial charge in [0.25, 0.3) is 0 Å². The number of carbonyl (C=O) groups excluding carboxylic acids is 2. The summed E-state index contributed by atoms with van der Waals surface area (Å²) in [5.41, 5.74) is 0.327. The molecule has 2 unspecified atom stereocenters. The third-order valence-corrected chi connectivity index (χ3v) is 3.94. The van der Waals surface area contributed by atoms with Crippen molar-refractivity contribution in [1.82, 2.24) is 4.90 Å². The predicted octanol–water partition coefficient (Wildman–Crippen LogP) is 3.28. The standard InChI is InChI=1S/C18H21NO4/c1-4-10-18(2)11-12-19(15(18)16(20)22-3)17(21)23-13-14-8-6-5-7-9-14/h4-9,11-12,15H,1,10,13H2,2-3H3. The second-order valence-corrected chi connectivity index (χ2v) is 5.69. The van der Waals surface area contributed by atoms with Gasteiger partial charge in [0.15, 0.2) is 0 Å². The molecule has 1 amide bonds. The third-order valence-electron chi connectivity index (χ3n) is 3.94. The number of benzene rings is 1. The lowest BCUT2D eigenvalue weighted by Crippen LogP contribution is -2.47. The number of ether oxygens (including phenoxy) is 2. The van der Waals surface area contributed by atoms with Crippen LogP contribution in [0.1, 0.15) is 18.9 Å². The van der Waals surface area contributed by atoms with Crippen LogP contribution in [0.2, 0.25) is 0 Å². The van der Waals surface area contributed by atoms with Crippen molar-refractivity contribution in [3.05, 3.63) is 60.8 Å². The largest absolute Gasteiger partial charge is 0.467 e. The molecule has 1 aliphatic heterocycles. The van der Waals surface area contributed by atoms with Crippen LogP contribution in [0.15, 0.2) is 55.3 Å². The lowest BCUT2D eigenvalue weighted by atomic mass is 9.81. The third kappa shape index (κ3) is 3.62. The van der Waals surface area contributed by atoms with Gasteiger partial charge in [0.1, 0.15) is 12.6 Å². The molecule has 1 heterocycles. The summed E-state index contributed by atoms with van der Waals surface area (Å²) in [5.74, 6) is -0.476. The van der Waals surface area contributed by atoms with Gasteiger partial charge in [0, 0.05) is 11.6 Å². The Hall–Kier alpha value is -2.56. The van der Waals surface area contributed by atoms with Gasteiger partial charge in [-0.3, -0.25) is 4.90 Å². The van der Waals surface area contributed by atoms with E-state index in [4.69, 9.17) is 9.47 Å². The predicted molar refractivity (Wildman–Crippen MR) is 86.3 cm³/mol. The monoisotopic (exact) mass is 315 g/mol. The molecule has 1 aromatic rings. The number of esters is 1. The van der Waals surface area contributed by atoms with Gasteiger partial charge in [-0.1, -0.05) is 49.4 Å². The number of methoxy groups -OCH3 is 1. The average molecular weight is 315 g/mol. The first-order valence-electron chi connectivity index (χ1n) is 7.39. The SMILES string of the molecule is C=CCC1(C)C=CN(C(=O)OCc2ccccc2)C1C(=O)OC. The van der Waals surface area contributed by atoms with Gasteiger partial charge in [-0.2, -0.15) is 0 Å². The minimum absolute atomic E-state index is 0.149. The summed E-state index contributed by atoms with van der Waals surface area (Å²) in [7, 11) is 1.31. The molecule has 2 atom stereocenters. The molecule has 0 aliphatic carbocycles. The molecule has 0 saturated carbocycles. The summed E-state index contributed by atoms with van der Waals surface area (Å²) < 4.78 is 10.2. The fourth-order valence-corrected chi connectivity index (χ4v) is 2.69.